The normalized spacial score (nSPS) is 10.1. The number of aryl methyl sites for hydroxylation is 1. The van der Waals surface area contributed by atoms with E-state index in [0.29, 0.717) is 5.56 Å². The third kappa shape index (κ3) is 4.15. The van der Waals surface area contributed by atoms with Crippen molar-refractivity contribution in [1.29, 1.82) is 0 Å². The van der Waals surface area contributed by atoms with Gasteiger partial charge in [-0.05, 0) is 30.2 Å². The highest BCUT2D eigenvalue weighted by Gasteiger charge is 2.14. The van der Waals surface area contributed by atoms with Crippen molar-refractivity contribution < 1.29 is 18.9 Å². The third-order valence-electron chi connectivity index (χ3n) is 3.25. The average Bonchev–Trinajstić information content (AvgIpc) is 2.55. The van der Waals surface area contributed by atoms with Gasteiger partial charge in [-0.15, -0.1) is 0 Å². The molecule has 1 aromatic carbocycles. The van der Waals surface area contributed by atoms with Crippen molar-refractivity contribution in [2.75, 3.05) is 12.4 Å². The maximum Gasteiger partial charge on any atom is 0.343 e. The number of anilines is 1. The molecule has 114 valence electrons. The van der Waals surface area contributed by atoms with E-state index in [9.17, 15) is 9.59 Å². The molecule has 0 aliphatic heterocycles. The maximum atomic E-state index is 12.0. The molecule has 0 aliphatic rings. The fraction of sp³-hybridized carbons (Fsp3) is 0.235. The first-order chi connectivity index (χ1) is 10.6. The molecular weight excluding hydrogens is 280 g/mol. The average molecular weight is 299 g/mol. The van der Waals surface area contributed by atoms with Crippen molar-refractivity contribution in [3.63, 3.8) is 0 Å². The predicted octanol–water partition coefficient (Wildman–Crippen LogP) is 1.96. The first-order valence-electron chi connectivity index (χ1n) is 7.08. The van der Waals surface area contributed by atoms with Gasteiger partial charge in [0.1, 0.15) is 5.56 Å². The minimum atomic E-state index is -0.426. The van der Waals surface area contributed by atoms with Gasteiger partial charge in [0.25, 0.3) is 5.91 Å². The molecule has 0 atom stereocenters. The van der Waals surface area contributed by atoms with Gasteiger partial charge in [-0.25, -0.2) is 4.79 Å². The van der Waals surface area contributed by atoms with Crippen LogP contribution in [0.5, 0.6) is 0 Å². The Morgan fingerprint density at radius 1 is 1.18 bits per heavy atom. The van der Waals surface area contributed by atoms with Gasteiger partial charge in [-0.3, -0.25) is 4.79 Å². The highest BCUT2D eigenvalue weighted by Crippen LogP contribution is 2.09. The number of ether oxygens (including phenoxy) is 1. The van der Waals surface area contributed by atoms with Crippen molar-refractivity contribution >= 4 is 17.6 Å². The van der Waals surface area contributed by atoms with E-state index in [0.717, 1.165) is 12.1 Å². The summed E-state index contributed by atoms with van der Waals surface area (Å²) in [6.45, 7) is 2.21. The maximum absolute atomic E-state index is 12.0. The molecule has 0 spiro atoms. The van der Waals surface area contributed by atoms with Gasteiger partial charge >= 0.3 is 5.97 Å². The molecule has 0 radical (unpaired) electrons. The molecule has 2 rings (SSSR count). The number of benzene rings is 1. The Morgan fingerprint density at radius 2 is 1.91 bits per heavy atom. The largest absolute Gasteiger partial charge is 0.465 e. The number of hydrogen-bond donors (Lipinski definition) is 1. The van der Waals surface area contributed by atoms with Gasteiger partial charge in [0.05, 0.1) is 7.11 Å². The molecule has 0 fully saturated rings. The van der Waals surface area contributed by atoms with Crippen molar-refractivity contribution in [2.24, 2.45) is 0 Å². The van der Waals surface area contributed by atoms with E-state index in [1.807, 2.05) is 24.3 Å². The lowest BCUT2D eigenvalue weighted by molar-refractivity contribution is -0.684. The Balaban J connectivity index is 2.00. The highest BCUT2D eigenvalue weighted by molar-refractivity contribution is 5.90. The lowest BCUT2D eigenvalue weighted by Gasteiger charge is -2.04. The van der Waals surface area contributed by atoms with E-state index >= 15 is 0 Å². The number of carbonyl (C=O) groups excluding carboxylic acids is 2. The second-order valence-electron chi connectivity index (χ2n) is 4.86. The van der Waals surface area contributed by atoms with Gasteiger partial charge in [0.2, 0.25) is 6.54 Å². The Labute approximate surface area is 129 Å². The number of nitrogens with one attached hydrogen (secondary N) is 1. The molecule has 5 nitrogen and oxygen atoms in total. The van der Waals surface area contributed by atoms with Crippen LogP contribution in [0, 0.1) is 0 Å². The molecule has 2 aromatic rings. The molecule has 0 unspecified atom stereocenters. The van der Waals surface area contributed by atoms with Crippen LogP contribution in [0.1, 0.15) is 22.8 Å². The smallest absolute Gasteiger partial charge is 0.343 e. The van der Waals surface area contributed by atoms with Crippen molar-refractivity contribution in [3.8, 4) is 0 Å². The van der Waals surface area contributed by atoms with Crippen molar-refractivity contribution in [3.05, 3.63) is 59.9 Å². The second kappa shape index (κ2) is 7.36. The van der Waals surface area contributed by atoms with Crippen LogP contribution >= 0.6 is 0 Å². The summed E-state index contributed by atoms with van der Waals surface area (Å²) in [7, 11) is 1.33. The van der Waals surface area contributed by atoms with Gasteiger partial charge in [-0.2, -0.15) is 4.57 Å². The number of methoxy groups -OCH3 is 1. The number of pyridine rings is 1. The molecule has 22 heavy (non-hydrogen) atoms. The topological polar surface area (TPSA) is 59.3 Å². The van der Waals surface area contributed by atoms with Gasteiger partial charge in [-0.1, -0.05) is 19.1 Å². The highest BCUT2D eigenvalue weighted by atomic mass is 16.5. The molecular formula is C17H19N2O3+. The molecule has 0 bridgehead atoms. The van der Waals surface area contributed by atoms with Gasteiger partial charge in [0, 0.05) is 11.8 Å². The first kappa shape index (κ1) is 15.7. The molecule has 1 aromatic heterocycles. The zero-order valence-corrected chi connectivity index (χ0v) is 12.7. The van der Waals surface area contributed by atoms with Crippen LogP contribution in [0.15, 0.2) is 48.8 Å². The van der Waals surface area contributed by atoms with E-state index in [2.05, 4.69) is 17.0 Å². The van der Waals surface area contributed by atoms with E-state index in [4.69, 9.17) is 0 Å². The Hall–Kier alpha value is -2.69. The van der Waals surface area contributed by atoms with Crippen molar-refractivity contribution in [2.45, 2.75) is 19.9 Å². The number of rotatable bonds is 5. The predicted molar refractivity (Wildman–Crippen MR) is 82.4 cm³/mol. The number of carbonyl (C=O) groups is 2. The van der Waals surface area contributed by atoms with Crippen LogP contribution in [-0.4, -0.2) is 19.0 Å². The molecule has 5 heteroatoms. The number of hydrogen-bond acceptors (Lipinski definition) is 3. The van der Waals surface area contributed by atoms with Gasteiger partial charge < -0.3 is 10.1 Å². The van der Waals surface area contributed by atoms with E-state index < -0.39 is 5.97 Å². The molecule has 0 saturated carbocycles. The summed E-state index contributed by atoms with van der Waals surface area (Å²) < 4.78 is 6.30. The quantitative estimate of drug-likeness (QED) is 0.678. The summed E-state index contributed by atoms with van der Waals surface area (Å²) in [5.41, 5.74) is 2.38. The SMILES string of the molecule is CCc1ccc(NC(=O)C[n+]2cccc(C(=O)OC)c2)cc1. The zero-order chi connectivity index (χ0) is 15.9. The standard InChI is InChI=1S/C17H18N2O3/c1-3-13-6-8-15(9-7-13)18-16(20)12-19-10-4-5-14(11-19)17(21)22-2/h4-11H,3,12H2,1-2H3/p+1. The lowest BCUT2D eigenvalue weighted by Crippen LogP contribution is -2.40. The first-order valence-corrected chi connectivity index (χ1v) is 7.08. The molecule has 0 saturated heterocycles. The van der Waals surface area contributed by atoms with Crippen LogP contribution in [0.3, 0.4) is 0 Å². The summed E-state index contributed by atoms with van der Waals surface area (Å²) in [6.07, 6.45) is 4.28. The summed E-state index contributed by atoms with van der Waals surface area (Å²) in [4.78, 5) is 23.5. The van der Waals surface area contributed by atoms with Crippen LogP contribution < -0.4 is 9.88 Å². The monoisotopic (exact) mass is 299 g/mol. The number of aromatic nitrogens is 1. The van der Waals surface area contributed by atoms with E-state index in [1.54, 1.807) is 29.1 Å². The number of nitrogens with zero attached hydrogens (tertiary/aromatic N) is 1. The minimum absolute atomic E-state index is 0.125. The van der Waals surface area contributed by atoms with Crippen molar-refractivity contribution in [1.82, 2.24) is 0 Å². The Kier molecular flexibility index (Phi) is 5.25. The Morgan fingerprint density at radius 3 is 2.55 bits per heavy atom. The van der Waals surface area contributed by atoms with Crippen LogP contribution in [0.25, 0.3) is 0 Å². The molecule has 1 amide bonds. The van der Waals surface area contributed by atoms with Gasteiger partial charge in [0.15, 0.2) is 12.4 Å². The number of esters is 1. The second-order valence-corrected chi connectivity index (χ2v) is 4.86. The molecule has 0 aliphatic carbocycles. The molecule has 1 heterocycles. The third-order valence-corrected chi connectivity index (χ3v) is 3.25. The number of amides is 1. The fourth-order valence-corrected chi connectivity index (χ4v) is 2.05. The zero-order valence-electron chi connectivity index (χ0n) is 12.7. The van der Waals surface area contributed by atoms with E-state index in [-0.39, 0.29) is 12.5 Å². The summed E-state index contributed by atoms with van der Waals surface area (Å²) in [5, 5.41) is 2.83. The lowest BCUT2D eigenvalue weighted by atomic mass is 10.1. The minimum Gasteiger partial charge on any atom is -0.465 e. The van der Waals surface area contributed by atoms with E-state index in [1.165, 1.54) is 12.7 Å². The Bertz CT molecular complexity index is 666. The fourth-order valence-electron chi connectivity index (χ4n) is 2.05. The summed E-state index contributed by atoms with van der Waals surface area (Å²) in [6, 6.07) is 11.1. The van der Waals surface area contributed by atoms with Crippen LogP contribution in [0.2, 0.25) is 0 Å². The molecule has 1 N–H and O–H groups in total. The summed E-state index contributed by atoms with van der Waals surface area (Å²) in [5.74, 6) is -0.582. The van der Waals surface area contributed by atoms with Crippen LogP contribution in [0.4, 0.5) is 5.69 Å². The summed E-state index contributed by atoms with van der Waals surface area (Å²) >= 11 is 0. The van der Waals surface area contributed by atoms with Crippen LogP contribution in [-0.2, 0) is 22.5 Å².